The first-order valence-electron chi connectivity index (χ1n) is 12.0. The van der Waals surface area contributed by atoms with Crippen LogP contribution in [0.3, 0.4) is 0 Å². The molecule has 3 heterocycles. The third-order valence-electron chi connectivity index (χ3n) is 6.85. The fraction of sp³-hybridized carbons (Fsp3) is 0.308. The van der Waals surface area contributed by atoms with E-state index in [0.717, 1.165) is 32.8 Å². The maximum Gasteiger partial charge on any atom is 0.378 e. The van der Waals surface area contributed by atoms with Gasteiger partial charge in [0.2, 0.25) is 10.8 Å². The second-order valence-electron chi connectivity index (χ2n) is 9.22. The molecule has 3 saturated heterocycles. The molecule has 12 heteroatoms. The van der Waals surface area contributed by atoms with Gasteiger partial charge in [-0.1, -0.05) is 72.4 Å². The highest BCUT2D eigenvalue weighted by Gasteiger charge is 2.66. The molecule has 2 aromatic carbocycles. The van der Waals surface area contributed by atoms with Gasteiger partial charge in [0.05, 0.1) is 30.6 Å². The molecule has 1 unspecified atom stereocenters. The molecule has 5 rings (SSSR count). The van der Waals surface area contributed by atoms with Crippen molar-refractivity contribution >= 4 is 55.5 Å². The summed E-state index contributed by atoms with van der Waals surface area (Å²) in [6.45, 7) is -0.177. The van der Waals surface area contributed by atoms with Gasteiger partial charge in [-0.15, -0.1) is 0 Å². The third-order valence-corrected chi connectivity index (χ3v) is 8.58. The van der Waals surface area contributed by atoms with Crippen molar-refractivity contribution in [3.05, 3.63) is 71.8 Å². The van der Waals surface area contributed by atoms with Crippen LogP contribution in [0.5, 0.6) is 0 Å². The minimum atomic E-state index is -1.70. The number of carbonyl (C=O) groups excluding carboxylic acids is 5. The Morgan fingerprint density at radius 1 is 1.03 bits per heavy atom. The number of benzene rings is 2. The molecule has 3 fully saturated rings. The SMILES string of the molecule is [B]OC(=O)[C@@]1(N2CCN(/N=C/c3ccccc3)C(=O)C2=O)CN2C(=O)C(CC(=O)Cc3ccccc3)[C@H]2S1. The van der Waals surface area contributed by atoms with Crippen molar-refractivity contribution < 1.29 is 28.6 Å². The van der Waals surface area contributed by atoms with Gasteiger partial charge in [0.1, 0.15) is 5.78 Å². The summed E-state index contributed by atoms with van der Waals surface area (Å²) in [5.41, 5.74) is 1.60. The lowest BCUT2D eigenvalue weighted by Gasteiger charge is -2.41. The summed E-state index contributed by atoms with van der Waals surface area (Å²) >= 11 is 1.02. The van der Waals surface area contributed by atoms with E-state index in [0.29, 0.717) is 0 Å². The van der Waals surface area contributed by atoms with Gasteiger partial charge in [0.15, 0.2) is 0 Å². The number of thioether (sulfide) groups is 1. The summed E-state index contributed by atoms with van der Waals surface area (Å²) in [5.74, 6) is -3.85. The van der Waals surface area contributed by atoms with Crippen molar-refractivity contribution in [3.63, 3.8) is 0 Å². The second kappa shape index (κ2) is 10.4. The van der Waals surface area contributed by atoms with Crippen LogP contribution in [0.4, 0.5) is 0 Å². The number of hydrogen-bond acceptors (Lipinski definition) is 8. The number of hydrazone groups is 1. The number of β-lactam (4-membered cyclic amide) rings is 1. The number of fused-ring (bicyclic) bond motifs is 1. The van der Waals surface area contributed by atoms with E-state index in [1.165, 1.54) is 11.1 Å². The van der Waals surface area contributed by atoms with Gasteiger partial charge < -0.3 is 14.5 Å². The van der Waals surface area contributed by atoms with Gasteiger partial charge in [-0.2, -0.15) is 5.10 Å². The quantitative estimate of drug-likeness (QED) is 0.214. The molecule has 3 amide bonds. The highest BCUT2D eigenvalue weighted by molar-refractivity contribution is 8.02. The van der Waals surface area contributed by atoms with Gasteiger partial charge in [0.25, 0.3) is 0 Å². The van der Waals surface area contributed by atoms with E-state index in [1.807, 2.05) is 48.5 Å². The Balaban J connectivity index is 1.30. The molecule has 0 N–H and O–H groups in total. The highest BCUT2D eigenvalue weighted by Crippen LogP contribution is 2.52. The fourth-order valence-corrected chi connectivity index (χ4v) is 6.67. The lowest BCUT2D eigenvalue weighted by Crippen LogP contribution is -2.65. The molecule has 0 spiro atoms. The molecule has 0 saturated carbocycles. The smallest absolute Gasteiger partial charge is 0.378 e. The van der Waals surface area contributed by atoms with Crippen LogP contribution in [-0.2, 0) is 35.0 Å². The summed E-state index contributed by atoms with van der Waals surface area (Å²) in [5, 5.41) is 4.64. The van der Waals surface area contributed by atoms with Crippen LogP contribution in [0.15, 0.2) is 65.8 Å². The van der Waals surface area contributed by atoms with E-state index in [4.69, 9.17) is 8.05 Å². The Hall–Kier alpha value is -3.93. The zero-order valence-electron chi connectivity index (χ0n) is 20.3. The molecule has 3 aliphatic rings. The average Bonchev–Trinajstić information content (AvgIpc) is 3.30. The number of carbonyl (C=O) groups is 5. The van der Waals surface area contributed by atoms with E-state index in [1.54, 1.807) is 12.1 Å². The van der Waals surface area contributed by atoms with Gasteiger partial charge in [-0.25, -0.2) is 5.01 Å². The van der Waals surface area contributed by atoms with Gasteiger partial charge in [-0.3, -0.25) is 24.0 Å². The lowest BCUT2D eigenvalue weighted by molar-refractivity contribution is -0.165. The molecule has 192 valence electrons. The molecule has 2 radical (unpaired) electrons. The molecular formula is C26H23BN4O6S. The summed E-state index contributed by atoms with van der Waals surface area (Å²) < 4.78 is 4.55. The number of amides is 3. The predicted molar refractivity (Wildman–Crippen MR) is 138 cm³/mol. The third kappa shape index (κ3) is 4.60. The maximum atomic E-state index is 13.2. The lowest BCUT2D eigenvalue weighted by atomic mass is 9.90. The van der Waals surface area contributed by atoms with Crippen molar-refractivity contribution in [3.8, 4) is 0 Å². The molecule has 0 aliphatic carbocycles. The van der Waals surface area contributed by atoms with Crippen molar-refractivity contribution in [2.75, 3.05) is 19.6 Å². The van der Waals surface area contributed by atoms with Crippen LogP contribution in [0.25, 0.3) is 0 Å². The standard InChI is InChI=1S/C26H23BN4O6S/c27-37-25(36)26(30-11-12-31(23(35)22(30)34)28-15-18-9-5-2-6-10-18)16-29-21(33)20(24(29)38-26)14-19(32)13-17-7-3-1-4-8-17/h1-10,15,20,24H,11-14,16H2/b28-15+/t20?,24-,26-/m1/s1. The van der Waals surface area contributed by atoms with Gasteiger partial charge in [0, 0.05) is 19.4 Å². The Morgan fingerprint density at radius 3 is 2.39 bits per heavy atom. The van der Waals surface area contributed by atoms with Crippen LogP contribution in [0.1, 0.15) is 17.5 Å². The molecule has 38 heavy (non-hydrogen) atoms. The zero-order valence-corrected chi connectivity index (χ0v) is 21.1. The monoisotopic (exact) mass is 530 g/mol. The molecule has 3 aliphatic heterocycles. The van der Waals surface area contributed by atoms with Crippen LogP contribution in [0, 0.1) is 5.92 Å². The second-order valence-corrected chi connectivity index (χ2v) is 10.6. The fourth-order valence-electron chi connectivity index (χ4n) is 4.92. The van der Waals surface area contributed by atoms with Crippen LogP contribution in [0.2, 0.25) is 0 Å². The first-order chi connectivity index (χ1) is 18.3. The molecule has 2 aromatic rings. The number of rotatable bonds is 8. The van der Waals surface area contributed by atoms with E-state index >= 15 is 0 Å². The van der Waals surface area contributed by atoms with E-state index in [2.05, 4.69) is 9.76 Å². The molecule has 3 atom stereocenters. The largest absolute Gasteiger partial charge is 0.541 e. The normalized spacial score (nSPS) is 24.9. The molecular weight excluding hydrogens is 507 g/mol. The van der Waals surface area contributed by atoms with Crippen molar-refractivity contribution in [1.29, 1.82) is 0 Å². The highest BCUT2D eigenvalue weighted by atomic mass is 32.2. The molecule has 10 nitrogen and oxygen atoms in total. The predicted octanol–water partition coefficient (Wildman–Crippen LogP) is 0.747. The number of ketones is 1. The average molecular weight is 530 g/mol. The van der Waals surface area contributed by atoms with Crippen LogP contribution in [-0.4, -0.2) is 88.4 Å². The summed E-state index contributed by atoms with van der Waals surface area (Å²) in [6.07, 6.45) is 1.66. The number of Topliss-reactive ketones (excluding diaryl/α,β-unsaturated/α-hetero) is 1. The van der Waals surface area contributed by atoms with Gasteiger partial charge >= 0.3 is 25.8 Å². The first kappa shape index (κ1) is 25.7. The van der Waals surface area contributed by atoms with Crippen molar-refractivity contribution in [1.82, 2.24) is 14.8 Å². The zero-order chi connectivity index (χ0) is 26.9. The maximum absolute atomic E-state index is 13.2. The Labute approximate surface area is 224 Å². The van der Waals surface area contributed by atoms with E-state index < -0.39 is 33.9 Å². The van der Waals surface area contributed by atoms with Gasteiger partial charge in [-0.05, 0) is 11.1 Å². The minimum Gasteiger partial charge on any atom is -0.541 e. The Bertz CT molecular complexity index is 1310. The van der Waals surface area contributed by atoms with E-state index in [-0.39, 0.29) is 44.2 Å². The number of hydrogen-bond donors (Lipinski definition) is 0. The number of piperazine rings is 1. The van der Waals surface area contributed by atoms with Crippen LogP contribution < -0.4 is 0 Å². The summed E-state index contributed by atoms with van der Waals surface area (Å²) in [4.78, 5) is 65.5. The summed E-state index contributed by atoms with van der Waals surface area (Å²) in [6, 6.07) is 18.3. The topological polar surface area (TPSA) is 117 Å². The Morgan fingerprint density at radius 2 is 1.71 bits per heavy atom. The first-order valence-corrected chi connectivity index (χ1v) is 12.9. The molecule has 0 bridgehead atoms. The molecule has 0 aromatic heterocycles. The van der Waals surface area contributed by atoms with Crippen LogP contribution >= 0.6 is 11.8 Å². The minimum absolute atomic E-state index is 0.00447. The van der Waals surface area contributed by atoms with E-state index in [9.17, 15) is 24.0 Å². The van der Waals surface area contributed by atoms with Crippen molar-refractivity contribution in [2.45, 2.75) is 23.1 Å². The Kier molecular flexibility index (Phi) is 7.07. The summed E-state index contributed by atoms with van der Waals surface area (Å²) in [7, 11) is 5.23. The number of nitrogens with zero attached hydrogens (tertiary/aromatic N) is 4. The van der Waals surface area contributed by atoms with Crippen molar-refractivity contribution in [2.24, 2.45) is 11.0 Å².